The van der Waals surface area contributed by atoms with E-state index in [0.29, 0.717) is 0 Å². The fourth-order valence-corrected chi connectivity index (χ4v) is 1.17. The van der Waals surface area contributed by atoms with Crippen LogP contribution in [0.4, 0.5) is 0 Å². The number of nitrogens with zero attached hydrogens (tertiary/aromatic N) is 1. The van der Waals surface area contributed by atoms with E-state index in [0.717, 1.165) is 0 Å². The Balaban J connectivity index is 0. The molecule has 0 radical (unpaired) electrons. The molecule has 0 bridgehead atoms. The Morgan fingerprint density at radius 2 is 1.89 bits per heavy atom. The molecular formula is C6H16ClNS. The molecule has 58 valence electrons. The Hall–Kier alpha value is 0.600. The summed E-state index contributed by atoms with van der Waals surface area (Å²) in [5, 5.41) is 0. The van der Waals surface area contributed by atoms with Crippen LogP contribution in [-0.2, 0) is 0 Å². The summed E-state index contributed by atoms with van der Waals surface area (Å²) in [6.45, 7) is 3.40. The van der Waals surface area contributed by atoms with Gasteiger partial charge in [-0.15, -0.1) is 12.4 Å². The van der Waals surface area contributed by atoms with Crippen LogP contribution < -0.4 is 0 Å². The van der Waals surface area contributed by atoms with Crippen molar-refractivity contribution in [2.75, 3.05) is 32.1 Å². The summed E-state index contributed by atoms with van der Waals surface area (Å²) in [4.78, 5) is 2.21. The summed E-state index contributed by atoms with van der Waals surface area (Å²) in [6, 6.07) is 0. The van der Waals surface area contributed by atoms with E-state index in [1.807, 2.05) is 11.8 Å². The number of hydrogen-bond donors (Lipinski definition) is 0. The van der Waals surface area contributed by atoms with Crippen LogP contribution in [-0.4, -0.2) is 37.0 Å². The average molecular weight is 170 g/mol. The third-order valence-electron chi connectivity index (χ3n) is 0.887. The Morgan fingerprint density at radius 3 is 2.22 bits per heavy atom. The zero-order chi connectivity index (χ0) is 6.41. The van der Waals surface area contributed by atoms with Gasteiger partial charge in [0.1, 0.15) is 0 Å². The molecule has 0 atom stereocenters. The maximum atomic E-state index is 2.21. The highest BCUT2D eigenvalue weighted by atomic mass is 35.5. The molecule has 0 unspecified atom stereocenters. The van der Waals surface area contributed by atoms with Gasteiger partial charge in [-0.3, -0.25) is 0 Å². The molecule has 0 spiro atoms. The van der Waals surface area contributed by atoms with Gasteiger partial charge in [0.25, 0.3) is 0 Å². The van der Waals surface area contributed by atoms with Crippen LogP contribution in [0.15, 0.2) is 0 Å². The molecule has 0 saturated carbocycles. The second kappa shape index (κ2) is 8.60. The standard InChI is InChI=1S/C6H15NS.ClH/c1-4-8-6-5-7(2)3;/h4-6H2,1-3H3;1H. The largest absolute Gasteiger partial charge is 0.309 e. The second-order valence-corrected chi connectivity index (χ2v) is 3.39. The van der Waals surface area contributed by atoms with Crippen molar-refractivity contribution < 1.29 is 0 Å². The van der Waals surface area contributed by atoms with Gasteiger partial charge in [0.15, 0.2) is 0 Å². The Morgan fingerprint density at radius 1 is 1.33 bits per heavy atom. The van der Waals surface area contributed by atoms with Crippen molar-refractivity contribution in [3.63, 3.8) is 0 Å². The summed E-state index contributed by atoms with van der Waals surface area (Å²) in [5.74, 6) is 2.51. The second-order valence-electron chi connectivity index (χ2n) is 2.00. The summed E-state index contributed by atoms with van der Waals surface area (Å²) < 4.78 is 0. The first-order valence-corrected chi connectivity index (χ1v) is 4.15. The Kier molecular flexibility index (Phi) is 11.7. The minimum Gasteiger partial charge on any atom is -0.309 e. The molecule has 0 aromatic carbocycles. The summed E-state index contributed by atoms with van der Waals surface area (Å²) >= 11 is 1.99. The highest BCUT2D eigenvalue weighted by Gasteiger charge is 1.86. The van der Waals surface area contributed by atoms with Gasteiger partial charge in [-0.05, 0) is 19.8 Å². The molecule has 0 rings (SSSR count). The summed E-state index contributed by atoms with van der Waals surface area (Å²) in [6.07, 6.45) is 0. The predicted molar refractivity (Wildman–Crippen MR) is 48.8 cm³/mol. The lowest BCUT2D eigenvalue weighted by atomic mass is 10.7. The molecule has 3 heteroatoms. The van der Waals surface area contributed by atoms with Crippen molar-refractivity contribution in [2.45, 2.75) is 6.92 Å². The minimum atomic E-state index is 0. The summed E-state index contributed by atoms with van der Waals surface area (Å²) in [5.41, 5.74) is 0. The van der Waals surface area contributed by atoms with E-state index in [2.05, 4.69) is 25.9 Å². The smallest absolute Gasteiger partial charge is 0.00662 e. The highest BCUT2D eigenvalue weighted by molar-refractivity contribution is 7.99. The topological polar surface area (TPSA) is 3.24 Å². The minimum absolute atomic E-state index is 0. The summed E-state index contributed by atoms with van der Waals surface area (Å²) in [7, 11) is 4.21. The first-order valence-electron chi connectivity index (χ1n) is 3.00. The van der Waals surface area contributed by atoms with Gasteiger partial charge in [-0.25, -0.2) is 0 Å². The Labute approximate surface area is 68.6 Å². The first-order chi connectivity index (χ1) is 3.77. The Bertz CT molecular complexity index is 50.3. The van der Waals surface area contributed by atoms with E-state index in [9.17, 15) is 0 Å². The van der Waals surface area contributed by atoms with Gasteiger partial charge in [0, 0.05) is 12.3 Å². The third kappa shape index (κ3) is 11.9. The predicted octanol–water partition coefficient (Wildman–Crippen LogP) is 1.72. The normalized spacial score (nSPS) is 9.33. The molecule has 0 aliphatic heterocycles. The molecule has 0 aliphatic rings. The van der Waals surface area contributed by atoms with Gasteiger partial charge < -0.3 is 4.90 Å². The van der Waals surface area contributed by atoms with Crippen LogP contribution in [0.1, 0.15) is 6.92 Å². The van der Waals surface area contributed by atoms with E-state index >= 15 is 0 Å². The molecule has 0 aromatic rings. The van der Waals surface area contributed by atoms with Gasteiger partial charge in [-0.2, -0.15) is 11.8 Å². The van der Waals surface area contributed by atoms with Crippen molar-refractivity contribution >= 4 is 24.2 Å². The van der Waals surface area contributed by atoms with E-state index in [1.165, 1.54) is 18.1 Å². The maximum Gasteiger partial charge on any atom is 0.00662 e. The van der Waals surface area contributed by atoms with Crippen molar-refractivity contribution in [1.29, 1.82) is 0 Å². The zero-order valence-corrected chi connectivity index (χ0v) is 8.02. The van der Waals surface area contributed by atoms with E-state index in [-0.39, 0.29) is 12.4 Å². The van der Waals surface area contributed by atoms with Crippen LogP contribution in [0.2, 0.25) is 0 Å². The third-order valence-corrected chi connectivity index (χ3v) is 1.77. The van der Waals surface area contributed by atoms with Crippen LogP contribution in [0.5, 0.6) is 0 Å². The van der Waals surface area contributed by atoms with Gasteiger partial charge in [0.2, 0.25) is 0 Å². The fraction of sp³-hybridized carbons (Fsp3) is 1.00. The molecule has 0 saturated heterocycles. The molecule has 0 heterocycles. The number of halogens is 1. The number of thioether (sulfide) groups is 1. The monoisotopic (exact) mass is 169 g/mol. The quantitative estimate of drug-likeness (QED) is 0.590. The number of rotatable bonds is 4. The molecule has 0 aromatic heterocycles. The fourth-order valence-electron chi connectivity index (χ4n) is 0.391. The van der Waals surface area contributed by atoms with E-state index < -0.39 is 0 Å². The number of hydrogen-bond acceptors (Lipinski definition) is 2. The van der Waals surface area contributed by atoms with Crippen LogP contribution >= 0.6 is 24.2 Å². The molecule has 9 heavy (non-hydrogen) atoms. The van der Waals surface area contributed by atoms with Crippen molar-refractivity contribution in [1.82, 2.24) is 4.90 Å². The van der Waals surface area contributed by atoms with E-state index in [4.69, 9.17) is 0 Å². The van der Waals surface area contributed by atoms with Crippen molar-refractivity contribution in [2.24, 2.45) is 0 Å². The SMILES string of the molecule is CCSCCN(C)C.Cl. The van der Waals surface area contributed by atoms with E-state index in [1.54, 1.807) is 0 Å². The van der Waals surface area contributed by atoms with Crippen molar-refractivity contribution in [3.05, 3.63) is 0 Å². The lowest BCUT2D eigenvalue weighted by molar-refractivity contribution is 0.437. The lowest BCUT2D eigenvalue weighted by Gasteiger charge is -2.06. The highest BCUT2D eigenvalue weighted by Crippen LogP contribution is 1.96. The van der Waals surface area contributed by atoms with Crippen LogP contribution in [0.25, 0.3) is 0 Å². The molecule has 1 nitrogen and oxygen atoms in total. The zero-order valence-electron chi connectivity index (χ0n) is 6.39. The molecule has 0 aliphatic carbocycles. The van der Waals surface area contributed by atoms with Crippen LogP contribution in [0, 0.1) is 0 Å². The lowest BCUT2D eigenvalue weighted by Crippen LogP contribution is -2.14. The average Bonchev–Trinajstić information content (AvgIpc) is 1.66. The van der Waals surface area contributed by atoms with Crippen molar-refractivity contribution in [3.8, 4) is 0 Å². The molecular weight excluding hydrogens is 154 g/mol. The molecule has 0 amide bonds. The van der Waals surface area contributed by atoms with Gasteiger partial charge in [0.05, 0.1) is 0 Å². The first kappa shape index (κ1) is 12.3. The molecule has 0 N–H and O–H groups in total. The maximum absolute atomic E-state index is 2.21. The van der Waals surface area contributed by atoms with Crippen LogP contribution in [0.3, 0.4) is 0 Å². The van der Waals surface area contributed by atoms with Gasteiger partial charge >= 0.3 is 0 Å². The van der Waals surface area contributed by atoms with Gasteiger partial charge in [-0.1, -0.05) is 6.92 Å². The molecule has 0 fully saturated rings.